The zero-order chi connectivity index (χ0) is 8.23. The van der Waals surface area contributed by atoms with Gasteiger partial charge in [-0.2, -0.15) is 0 Å². The lowest BCUT2D eigenvalue weighted by molar-refractivity contribution is 0.0688. The molecule has 1 saturated carbocycles. The zero-order valence-corrected chi connectivity index (χ0v) is 7.72. The van der Waals surface area contributed by atoms with Crippen molar-refractivity contribution in [3.63, 3.8) is 0 Å². The van der Waals surface area contributed by atoms with Crippen molar-refractivity contribution in [2.75, 3.05) is 19.8 Å². The molecular formula is C10H19NO. The van der Waals surface area contributed by atoms with Gasteiger partial charge in [0.25, 0.3) is 0 Å². The minimum absolute atomic E-state index is 0.654. The van der Waals surface area contributed by atoms with Crippen LogP contribution in [0.5, 0.6) is 0 Å². The standard InChI is InChI=1S/C10H19NO/c1-2-4-9(3-1)7-10-8-12-6-5-11-10/h9-11H,1-8H2. The molecule has 0 radical (unpaired) electrons. The number of hydrogen-bond acceptors (Lipinski definition) is 2. The summed E-state index contributed by atoms with van der Waals surface area (Å²) in [6, 6.07) is 0.654. The molecule has 0 aromatic rings. The maximum atomic E-state index is 5.43. The summed E-state index contributed by atoms with van der Waals surface area (Å²) >= 11 is 0. The maximum Gasteiger partial charge on any atom is 0.0620 e. The number of ether oxygens (including phenoxy) is 1. The summed E-state index contributed by atoms with van der Waals surface area (Å²) in [6.45, 7) is 2.90. The van der Waals surface area contributed by atoms with E-state index in [-0.39, 0.29) is 0 Å². The first-order valence-electron chi connectivity index (χ1n) is 5.26. The predicted molar refractivity (Wildman–Crippen MR) is 49.2 cm³/mol. The Labute approximate surface area is 74.7 Å². The van der Waals surface area contributed by atoms with Crippen molar-refractivity contribution in [1.82, 2.24) is 5.32 Å². The van der Waals surface area contributed by atoms with Crippen molar-refractivity contribution in [3.8, 4) is 0 Å². The molecule has 12 heavy (non-hydrogen) atoms. The SMILES string of the molecule is C1CCC(CC2COCCN2)C1. The Balaban J connectivity index is 1.69. The fourth-order valence-corrected chi connectivity index (χ4v) is 2.42. The molecule has 1 atom stereocenters. The third kappa shape index (κ3) is 2.20. The van der Waals surface area contributed by atoms with E-state index in [1.807, 2.05) is 0 Å². The average molecular weight is 169 g/mol. The molecule has 1 unspecified atom stereocenters. The molecule has 1 aliphatic carbocycles. The second-order valence-electron chi connectivity index (χ2n) is 4.11. The van der Waals surface area contributed by atoms with E-state index in [4.69, 9.17) is 4.74 Å². The Morgan fingerprint density at radius 3 is 2.75 bits per heavy atom. The van der Waals surface area contributed by atoms with Crippen molar-refractivity contribution in [2.45, 2.75) is 38.1 Å². The van der Waals surface area contributed by atoms with Gasteiger partial charge < -0.3 is 10.1 Å². The van der Waals surface area contributed by atoms with E-state index in [9.17, 15) is 0 Å². The van der Waals surface area contributed by atoms with Gasteiger partial charge in [0, 0.05) is 12.6 Å². The van der Waals surface area contributed by atoms with Crippen LogP contribution in [0.2, 0.25) is 0 Å². The lowest BCUT2D eigenvalue weighted by atomic mass is 9.98. The van der Waals surface area contributed by atoms with Crippen LogP contribution in [0.25, 0.3) is 0 Å². The lowest BCUT2D eigenvalue weighted by Crippen LogP contribution is -2.42. The zero-order valence-electron chi connectivity index (χ0n) is 7.72. The summed E-state index contributed by atoms with van der Waals surface area (Å²) in [7, 11) is 0. The van der Waals surface area contributed by atoms with Crippen molar-refractivity contribution in [1.29, 1.82) is 0 Å². The minimum atomic E-state index is 0.654. The van der Waals surface area contributed by atoms with E-state index in [0.717, 1.165) is 25.7 Å². The highest BCUT2D eigenvalue weighted by Crippen LogP contribution is 2.28. The highest BCUT2D eigenvalue weighted by Gasteiger charge is 2.21. The van der Waals surface area contributed by atoms with E-state index in [0.29, 0.717) is 6.04 Å². The molecule has 2 rings (SSSR count). The summed E-state index contributed by atoms with van der Waals surface area (Å²) in [5.41, 5.74) is 0. The molecule has 0 aromatic heterocycles. The van der Waals surface area contributed by atoms with Gasteiger partial charge in [-0.3, -0.25) is 0 Å². The quantitative estimate of drug-likeness (QED) is 0.677. The van der Waals surface area contributed by atoms with Gasteiger partial charge in [-0.15, -0.1) is 0 Å². The molecule has 70 valence electrons. The van der Waals surface area contributed by atoms with Crippen LogP contribution in [0.4, 0.5) is 0 Å². The second-order valence-corrected chi connectivity index (χ2v) is 4.11. The summed E-state index contributed by atoms with van der Waals surface area (Å²) in [4.78, 5) is 0. The van der Waals surface area contributed by atoms with Gasteiger partial charge in [-0.25, -0.2) is 0 Å². The molecular weight excluding hydrogens is 150 g/mol. The first kappa shape index (κ1) is 8.52. The molecule has 2 fully saturated rings. The van der Waals surface area contributed by atoms with Gasteiger partial charge in [-0.1, -0.05) is 25.7 Å². The van der Waals surface area contributed by atoms with Gasteiger partial charge in [0.15, 0.2) is 0 Å². The van der Waals surface area contributed by atoms with Crippen LogP contribution in [-0.2, 0) is 4.74 Å². The maximum absolute atomic E-state index is 5.43. The molecule has 2 aliphatic rings. The smallest absolute Gasteiger partial charge is 0.0620 e. The van der Waals surface area contributed by atoms with Crippen LogP contribution in [0, 0.1) is 5.92 Å². The third-order valence-corrected chi connectivity index (χ3v) is 3.09. The lowest BCUT2D eigenvalue weighted by Gasteiger charge is -2.26. The van der Waals surface area contributed by atoms with Crippen LogP contribution in [0.1, 0.15) is 32.1 Å². The third-order valence-electron chi connectivity index (χ3n) is 3.09. The summed E-state index contributed by atoms with van der Waals surface area (Å²) in [6.07, 6.45) is 7.17. The van der Waals surface area contributed by atoms with Gasteiger partial charge in [0.2, 0.25) is 0 Å². The van der Waals surface area contributed by atoms with Gasteiger partial charge in [-0.05, 0) is 12.3 Å². The van der Waals surface area contributed by atoms with Crippen LogP contribution in [-0.4, -0.2) is 25.8 Å². The van der Waals surface area contributed by atoms with Crippen LogP contribution in [0.3, 0.4) is 0 Å². The molecule has 0 amide bonds. The topological polar surface area (TPSA) is 21.3 Å². The van der Waals surface area contributed by atoms with Gasteiger partial charge in [0.05, 0.1) is 13.2 Å². The minimum Gasteiger partial charge on any atom is -0.379 e. The summed E-state index contributed by atoms with van der Waals surface area (Å²) in [5.74, 6) is 0.990. The molecule has 1 aliphatic heterocycles. The predicted octanol–water partition coefficient (Wildman–Crippen LogP) is 1.56. The number of hydrogen-bond donors (Lipinski definition) is 1. The van der Waals surface area contributed by atoms with Crippen molar-refractivity contribution in [3.05, 3.63) is 0 Å². The first-order chi connectivity index (χ1) is 5.95. The van der Waals surface area contributed by atoms with Crippen LogP contribution < -0.4 is 5.32 Å². The Hall–Kier alpha value is -0.0800. The molecule has 1 heterocycles. The summed E-state index contributed by atoms with van der Waals surface area (Å²) in [5, 5.41) is 3.52. The normalized spacial score (nSPS) is 32.5. The average Bonchev–Trinajstić information content (AvgIpc) is 2.59. The number of nitrogens with one attached hydrogen (secondary N) is 1. The Morgan fingerprint density at radius 2 is 2.08 bits per heavy atom. The summed E-state index contributed by atoms with van der Waals surface area (Å²) < 4.78 is 5.43. The number of rotatable bonds is 2. The molecule has 1 saturated heterocycles. The molecule has 0 spiro atoms. The molecule has 0 aromatic carbocycles. The Morgan fingerprint density at radius 1 is 1.25 bits per heavy atom. The van der Waals surface area contributed by atoms with Crippen molar-refractivity contribution in [2.24, 2.45) is 5.92 Å². The van der Waals surface area contributed by atoms with E-state index >= 15 is 0 Å². The van der Waals surface area contributed by atoms with E-state index in [1.165, 1.54) is 32.1 Å². The molecule has 1 N–H and O–H groups in total. The van der Waals surface area contributed by atoms with Crippen molar-refractivity contribution < 1.29 is 4.74 Å². The highest BCUT2D eigenvalue weighted by atomic mass is 16.5. The fourth-order valence-electron chi connectivity index (χ4n) is 2.42. The molecule has 0 bridgehead atoms. The largest absolute Gasteiger partial charge is 0.379 e. The van der Waals surface area contributed by atoms with Crippen LogP contribution >= 0.6 is 0 Å². The van der Waals surface area contributed by atoms with Gasteiger partial charge >= 0.3 is 0 Å². The fraction of sp³-hybridized carbons (Fsp3) is 1.00. The molecule has 2 heteroatoms. The van der Waals surface area contributed by atoms with Crippen LogP contribution in [0.15, 0.2) is 0 Å². The monoisotopic (exact) mass is 169 g/mol. The Kier molecular flexibility index (Phi) is 3.01. The van der Waals surface area contributed by atoms with E-state index in [1.54, 1.807) is 0 Å². The van der Waals surface area contributed by atoms with Gasteiger partial charge in [0.1, 0.15) is 0 Å². The first-order valence-corrected chi connectivity index (χ1v) is 5.26. The number of morpholine rings is 1. The van der Waals surface area contributed by atoms with E-state index in [2.05, 4.69) is 5.32 Å². The Bertz CT molecular complexity index is 126. The van der Waals surface area contributed by atoms with Crippen molar-refractivity contribution >= 4 is 0 Å². The van der Waals surface area contributed by atoms with E-state index < -0.39 is 0 Å². The highest BCUT2D eigenvalue weighted by molar-refractivity contribution is 4.77. The molecule has 2 nitrogen and oxygen atoms in total. The second kappa shape index (κ2) is 4.24.